The number of carbonyl (C=O) groups excluding carboxylic acids is 1. The maximum atomic E-state index is 12.3. The number of urea groups is 1. The number of nitrogens with zero attached hydrogens (tertiary/aromatic N) is 1. The molecule has 5 heteroatoms. The molecule has 0 aromatic heterocycles. The van der Waals surface area contributed by atoms with E-state index < -0.39 is 5.72 Å². The van der Waals surface area contributed by atoms with E-state index in [9.17, 15) is 4.79 Å². The van der Waals surface area contributed by atoms with Crippen LogP contribution in [0.1, 0.15) is 30.5 Å². The summed E-state index contributed by atoms with van der Waals surface area (Å²) in [6, 6.07) is 3.94. The van der Waals surface area contributed by atoms with E-state index in [0.717, 1.165) is 27.8 Å². The van der Waals surface area contributed by atoms with Gasteiger partial charge in [0, 0.05) is 23.0 Å². The molecule has 0 radical (unpaired) electrons. The summed E-state index contributed by atoms with van der Waals surface area (Å²) in [6.45, 7) is 8.17. The van der Waals surface area contributed by atoms with Crippen molar-refractivity contribution < 1.29 is 9.53 Å². The predicted octanol–water partition coefficient (Wildman–Crippen LogP) is 3.51. The molecule has 2 atom stereocenters. The molecule has 2 aliphatic heterocycles. The Balaban J connectivity index is 2.10. The Morgan fingerprint density at radius 1 is 1.65 bits per heavy atom. The molecule has 0 spiro atoms. The van der Waals surface area contributed by atoms with Gasteiger partial charge in [-0.3, -0.25) is 4.90 Å². The summed E-state index contributed by atoms with van der Waals surface area (Å²) < 4.78 is 7.21. The lowest BCUT2D eigenvalue weighted by Crippen LogP contribution is -2.64. The number of benzene rings is 1. The van der Waals surface area contributed by atoms with Crippen LogP contribution >= 0.6 is 15.9 Å². The van der Waals surface area contributed by atoms with Crippen molar-refractivity contribution in [2.75, 3.05) is 6.54 Å². The summed E-state index contributed by atoms with van der Waals surface area (Å²) in [5.41, 5.74) is 1.49. The summed E-state index contributed by atoms with van der Waals surface area (Å²) in [5.74, 6) is 0.876. The number of nitrogens with one attached hydrogen (secondary N) is 1. The average molecular weight is 337 g/mol. The first-order valence-corrected chi connectivity index (χ1v) is 7.42. The number of hydrogen-bond acceptors (Lipinski definition) is 2. The largest absolute Gasteiger partial charge is 0.467 e. The maximum Gasteiger partial charge on any atom is 0.321 e. The molecular formula is C15H17BrN2O2. The maximum absolute atomic E-state index is 12.3. The molecule has 4 nitrogen and oxygen atoms in total. The quantitative estimate of drug-likeness (QED) is 0.839. The standard InChI is InChI=1S/C15H17BrN2O2/c1-4-5-18-14(19)17-12-8-15(18,3)20-13-9(2)6-10(16)7-11(12)13/h4,6-7,12H,1,5,8H2,2-3H3,(H,17,19). The number of ether oxygens (including phenoxy) is 1. The van der Waals surface area contributed by atoms with E-state index in [-0.39, 0.29) is 12.1 Å². The lowest BCUT2D eigenvalue weighted by Gasteiger charge is -2.50. The van der Waals surface area contributed by atoms with Crippen LogP contribution in [-0.2, 0) is 0 Å². The Labute approximate surface area is 126 Å². The van der Waals surface area contributed by atoms with E-state index >= 15 is 0 Å². The fourth-order valence-corrected chi connectivity index (χ4v) is 3.64. The zero-order valence-electron chi connectivity index (χ0n) is 11.6. The van der Waals surface area contributed by atoms with Gasteiger partial charge in [0.05, 0.1) is 6.04 Å². The van der Waals surface area contributed by atoms with Gasteiger partial charge >= 0.3 is 6.03 Å². The minimum Gasteiger partial charge on any atom is -0.467 e. The van der Waals surface area contributed by atoms with Crippen LogP contribution in [0.2, 0.25) is 0 Å². The van der Waals surface area contributed by atoms with E-state index in [0.29, 0.717) is 6.54 Å². The van der Waals surface area contributed by atoms with E-state index in [1.165, 1.54) is 0 Å². The van der Waals surface area contributed by atoms with Crippen molar-refractivity contribution in [3.05, 3.63) is 40.4 Å². The van der Waals surface area contributed by atoms with Crippen molar-refractivity contribution in [1.82, 2.24) is 10.2 Å². The molecule has 1 aromatic carbocycles. The first-order chi connectivity index (χ1) is 9.44. The van der Waals surface area contributed by atoms with Crippen LogP contribution in [0, 0.1) is 6.92 Å². The molecule has 3 rings (SSSR count). The number of fused-ring (bicyclic) bond motifs is 4. The molecule has 2 aliphatic rings. The molecule has 0 saturated carbocycles. The fraction of sp³-hybridized carbons (Fsp3) is 0.400. The van der Waals surface area contributed by atoms with Gasteiger partial charge in [-0.15, -0.1) is 6.58 Å². The highest BCUT2D eigenvalue weighted by atomic mass is 79.9. The molecule has 2 amide bonds. The molecule has 2 bridgehead atoms. The van der Waals surface area contributed by atoms with E-state index in [2.05, 4.69) is 27.8 Å². The Kier molecular flexibility index (Phi) is 3.05. The Morgan fingerprint density at radius 3 is 3.10 bits per heavy atom. The van der Waals surface area contributed by atoms with Crippen molar-refractivity contribution in [3.8, 4) is 5.75 Å². The second-order valence-corrected chi connectivity index (χ2v) is 6.44. The van der Waals surface area contributed by atoms with Crippen molar-refractivity contribution in [3.63, 3.8) is 0 Å². The van der Waals surface area contributed by atoms with Crippen LogP contribution in [0.3, 0.4) is 0 Å². The third-order valence-electron chi connectivity index (χ3n) is 3.97. The average Bonchev–Trinajstić information content (AvgIpc) is 2.36. The Bertz CT molecular complexity index is 602. The Hall–Kier alpha value is -1.49. The van der Waals surface area contributed by atoms with Gasteiger partial charge in [0.15, 0.2) is 5.72 Å². The van der Waals surface area contributed by atoms with Crippen LogP contribution < -0.4 is 10.1 Å². The molecule has 1 aromatic rings. The van der Waals surface area contributed by atoms with Gasteiger partial charge in [0.25, 0.3) is 0 Å². The lowest BCUT2D eigenvalue weighted by atomic mass is 9.89. The minimum atomic E-state index is -0.618. The van der Waals surface area contributed by atoms with Gasteiger partial charge in [-0.25, -0.2) is 4.79 Å². The Morgan fingerprint density at radius 2 is 2.40 bits per heavy atom. The van der Waals surface area contributed by atoms with Crippen molar-refractivity contribution in [2.24, 2.45) is 0 Å². The fourth-order valence-electron chi connectivity index (χ4n) is 3.05. The molecule has 2 heterocycles. The highest BCUT2D eigenvalue weighted by molar-refractivity contribution is 9.10. The molecule has 20 heavy (non-hydrogen) atoms. The normalized spacial score (nSPS) is 27.4. The summed E-state index contributed by atoms with van der Waals surface area (Å²) >= 11 is 3.50. The van der Waals surface area contributed by atoms with Crippen molar-refractivity contribution in [1.29, 1.82) is 0 Å². The van der Waals surface area contributed by atoms with Crippen LogP contribution in [0.4, 0.5) is 4.79 Å². The smallest absolute Gasteiger partial charge is 0.321 e. The van der Waals surface area contributed by atoms with Crippen LogP contribution in [0.15, 0.2) is 29.3 Å². The number of carbonyl (C=O) groups is 1. The predicted molar refractivity (Wildman–Crippen MR) is 80.7 cm³/mol. The molecule has 1 saturated heterocycles. The van der Waals surface area contributed by atoms with Gasteiger partial charge in [-0.05, 0) is 31.5 Å². The first kappa shape index (κ1) is 13.5. The third-order valence-corrected chi connectivity index (χ3v) is 4.43. The monoisotopic (exact) mass is 336 g/mol. The SMILES string of the molecule is C=CCN1C(=O)NC2CC1(C)Oc1c(C)cc(Br)cc12. The molecule has 2 unspecified atom stereocenters. The second kappa shape index (κ2) is 4.52. The second-order valence-electron chi connectivity index (χ2n) is 5.52. The van der Waals surface area contributed by atoms with Crippen LogP contribution in [0.5, 0.6) is 5.75 Å². The van der Waals surface area contributed by atoms with E-state index in [1.54, 1.807) is 11.0 Å². The van der Waals surface area contributed by atoms with Crippen molar-refractivity contribution >= 4 is 22.0 Å². The summed E-state index contributed by atoms with van der Waals surface area (Å²) in [7, 11) is 0. The topological polar surface area (TPSA) is 41.6 Å². The number of rotatable bonds is 2. The van der Waals surface area contributed by atoms with Gasteiger partial charge in [-0.1, -0.05) is 22.0 Å². The zero-order valence-corrected chi connectivity index (χ0v) is 13.2. The summed E-state index contributed by atoms with van der Waals surface area (Å²) in [4.78, 5) is 14.0. The van der Waals surface area contributed by atoms with Crippen LogP contribution in [0.25, 0.3) is 0 Å². The van der Waals surface area contributed by atoms with E-state index in [1.807, 2.05) is 26.0 Å². The number of amides is 2. The first-order valence-electron chi connectivity index (χ1n) is 6.63. The molecule has 106 valence electrons. The highest BCUT2D eigenvalue weighted by Gasteiger charge is 2.48. The molecule has 0 aliphatic carbocycles. The summed E-state index contributed by atoms with van der Waals surface area (Å²) in [6.07, 6.45) is 2.45. The highest BCUT2D eigenvalue weighted by Crippen LogP contribution is 2.46. The zero-order chi connectivity index (χ0) is 14.5. The van der Waals surface area contributed by atoms with E-state index in [4.69, 9.17) is 4.74 Å². The number of hydrogen-bond donors (Lipinski definition) is 1. The lowest BCUT2D eigenvalue weighted by molar-refractivity contribution is -0.0792. The van der Waals surface area contributed by atoms with Gasteiger partial charge in [0.1, 0.15) is 5.75 Å². The van der Waals surface area contributed by atoms with Crippen molar-refractivity contribution in [2.45, 2.75) is 32.0 Å². The summed E-state index contributed by atoms with van der Waals surface area (Å²) in [5, 5.41) is 3.06. The van der Waals surface area contributed by atoms with Crippen LogP contribution in [-0.4, -0.2) is 23.2 Å². The number of aryl methyl sites for hydroxylation is 1. The molecule has 1 N–H and O–H groups in total. The van der Waals surface area contributed by atoms with Gasteiger partial charge < -0.3 is 10.1 Å². The minimum absolute atomic E-state index is 0.00600. The number of halogens is 1. The van der Waals surface area contributed by atoms with Gasteiger partial charge in [-0.2, -0.15) is 0 Å². The van der Waals surface area contributed by atoms with Gasteiger partial charge in [0.2, 0.25) is 0 Å². The third kappa shape index (κ3) is 1.92. The molecule has 1 fully saturated rings. The molecular weight excluding hydrogens is 320 g/mol.